The summed E-state index contributed by atoms with van der Waals surface area (Å²) in [5, 5.41) is 0.215. The lowest BCUT2D eigenvalue weighted by molar-refractivity contribution is 0.422. The number of nitrogen functional groups attached to an aromatic ring is 1. The number of aromatic nitrogens is 1. The Kier molecular flexibility index (Phi) is 3.15. The lowest BCUT2D eigenvalue weighted by Gasteiger charge is -2.10. The van der Waals surface area contributed by atoms with E-state index in [-0.39, 0.29) is 10.9 Å². The smallest absolute Gasteiger partial charge is 0.256 e. The van der Waals surface area contributed by atoms with Crippen molar-refractivity contribution in [2.45, 2.75) is 6.92 Å². The Balaban J connectivity index is 2.38. The van der Waals surface area contributed by atoms with Crippen LogP contribution in [0.3, 0.4) is 0 Å². The van der Waals surface area contributed by atoms with Gasteiger partial charge in [0, 0.05) is 6.20 Å². The monoisotopic (exact) mass is 252 g/mol. The Morgan fingerprint density at radius 3 is 2.82 bits per heavy atom. The van der Waals surface area contributed by atoms with Crippen LogP contribution in [0.5, 0.6) is 11.6 Å². The molecule has 0 bridgehead atoms. The van der Waals surface area contributed by atoms with Crippen molar-refractivity contribution < 1.29 is 9.13 Å². The number of ether oxygens (including phenoxy) is 1. The maximum Gasteiger partial charge on any atom is 0.256 e. The van der Waals surface area contributed by atoms with E-state index >= 15 is 0 Å². The molecule has 1 aromatic heterocycles. The van der Waals surface area contributed by atoms with E-state index in [0.29, 0.717) is 11.4 Å². The molecule has 17 heavy (non-hydrogen) atoms. The van der Waals surface area contributed by atoms with Gasteiger partial charge < -0.3 is 10.5 Å². The fraction of sp³-hybridized carbons (Fsp3) is 0.0833. The van der Waals surface area contributed by atoms with Gasteiger partial charge in [0.15, 0.2) is 11.6 Å². The second-order valence-corrected chi connectivity index (χ2v) is 3.97. The van der Waals surface area contributed by atoms with Crippen LogP contribution < -0.4 is 10.5 Å². The van der Waals surface area contributed by atoms with Gasteiger partial charge in [0.1, 0.15) is 0 Å². The van der Waals surface area contributed by atoms with E-state index in [2.05, 4.69) is 4.98 Å². The van der Waals surface area contributed by atoms with Crippen LogP contribution in [0.1, 0.15) is 5.56 Å². The van der Waals surface area contributed by atoms with E-state index in [1.165, 1.54) is 6.20 Å². The average Bonchev–Trinajstić information content (AvgIpc) is 2.26. The van der Waals surface area contributed by atoms with Gasteiger partial charge in [-0.25, -0.2) is 9.37 Å². The lowest BCUT2D eigenvalue weighted by Crippen LogP contribution is -1.97. The molecule has 1 aromatic carbocycles. The van der Waals surface area contributed by atoms with Gasteiger partial charge in [-0.05, 0) is 24.6 Å². The molecule has 0 fully saturated rings. The number of aryl methyl sites for hydroxylation is 1. The number of pyridine rings is 1. The molecule has 2 rings (SSSR count). The van der Waals surface area contributed by atoms with Crippen molar-refractivity contribution >= 4 is 17.3 Å². The van der Waals surface area contributed by atoms with Gasteiger partial charge >= 0.3 is 0 Å². The largest absolute Gasteiger partial charge is 0.434 e. The van der Waals surface area contributed by atoms with Crippen LogP contribution in [0.4, 0.5) is 10.1 Å². The summed E-state index contributed by atoms with van der Waals surface area (Å²) in [6.45, 7) is 1.82. The molecule has 1 heterocycles. The highest BCUT2D eigenvalue weighted by Crippen LogP contribution is 2.31. The van der Waals surface area contributed by atoms with E-state index in [1.54, 1.807) is 12.1 Å². The molecule has 0 radical (unpaired) electrons. The summed E-state index contributed by atoms with van der Waals surface area (Å²) in [7, 11) is 0. The normalized spacial score (nSPS) is 10.3. The van der Waals surface area contributed by atoms with E-state index in [9.17, 15) is 4.39 Å². The minimum atomic E-state index is -0.625. The Hall–Kier alpha value is -1.81. The zero-order valence-electron chi connectivity index (χ0n) is 9.08. The summed E-state index contributed by atoms with van der Waals surface area (Å²) in [4.78, 5) is 3.77. The number of benzene rings is 1. The molecule has 5 heteroatoms. The second kappa shape index (κ2) is 4.59. The van der Waals surface area contributed by atoms with Crippen molar-refractivity contribution in [3.05, 3.63) is 46.9 Å². The third-order valence-corrected chi connectivity index (χ3v) is 2.42. The van der Waals surface area contributed by atoms with Crippen LogP contribution in [0.2, 0.25) is 5.02 Å². The van der Waals surface area contributed by atoms with Gasteiger partial charge in [0.2, 0.25) is 0 Å². The molecule has 0 unspecified atom stereocenters. The molecular formula is C12H10ClFN2O. The minimum absolute atomic E-state index is 0.143. The SMILES string of the molecule is Cc1cccc(N)c1Oc1ncc(Cl)cc1F. The van der Waals surface area contributed by atoms with Crippen LogP contribution in [0.15, 0.2) is 30.5 Å². The first-order chi connectivity index (χ1) is 8.08. The zero-order chi connectivity index (χ0) is 12.4. The van der Waals surface area contributed by atoms with Gasteiger partial charge in [0.25, 0.3) is 5.88 Å². The minimum Gasteiger partial charge on any atom is -0.434 e. The molecule has 0 aliphatic rings. The Labute approximate surface area is 103 Å². The highest BCUT2D eigenvalue weighted by molar-refractivity contribution is 6.30. The van der Waals surface area contributed by atoms with Crippen molar-refractivity contribution in [1.82, 2.24) is 4.98 Å². The van der Waals surface area contributed by atoms with Crippen molar-refractivity contribution in [1.29, 1.82) is 0 Å². The molecule has 0 spiro atoms. The summed E-state index contributed by atoms with van der Waals surface area (Å²) in [5.74, 6) is -0.364. The molecule has 0 amide bonds. The van der Waals surface area contributed by atoms with Gasteiger partial charge in [-0.15, -0.1) is 0 Å². The zero-order valence-corrected chi connectivity index (χ0v) is 9.83. The molecule has 0 aliphatic carbocycles. The summed E-state index contributed by atoms with van der Waals surface area (Å²) in [6, 6.07) is 6.43. The lowest BCUT2D eigenvalue weighted by atomic mass is 10.2. The average molecular weight is 253 g/mol. The molecule has 3 nitrogen and oxygen atoms in total. The van der Waals surface area contributed by atoms with E-state index in [0.717, 1.165) is 11.6 Å². The van der Waals surface area contributed by atoms with E-state index < -0.39 is 5.82 Å². The van der Waals surface area contributed by atoms with Crippen LogP contribution in [-0.2, 0) is 0 Å². The molecule has 0 saturated heterocycles. The van der Waals surface area contributed by atoms with Crippen LogP contribution >= 0.6 is 11.6 Å². The van der Waals surface area contributed by atoms with E-state index in [4.69, 9.17) is 22.1 Å². The predicted molar refractivity (Wildman–Crippen MR) is 64.9 cm³/mol. The standard InChI is InChI=1S/C12H10ClFN2O/c1-7-3-2-4-10(15)11(7)17-12-9(14)5-8(13)6-16-12/h2-6H,15H2,1H3. The van der Waals surface area contributed by atoms with E-state index in [1.807, 2.05) is 13.0 Å². The number of halogens is 2. The van der Waals surface area contributed by atoms with Crippen molar-refractivity contribution in [2.75, 3.05) is 5.73 Å². The molecule has 2 aromatic rings. The van der Waals surface area contributed by atoms with Gasteiger partial charge in [0.05, 0.1) is 10.7 Å². The number of para-hydroxylation sites is 1. The number of rotatable bonds is 2. The third kappa shape index (κ3) is 2.47. The molecule has 88 valence electrons. The summed E-state index contributed by atoms with van der Waals surface area (Å²) in [5.41, 5.74) is 6.99. The highest BCUT2D eigenvalue weighted by atomic mass is 35.5. The quantitative estimate of drug-likeness (QED) is 0.832. The number of anilines is 1. The molecule has 0 saturated carbocycles. The van der Waals surface area contributed by atoms with Crippen molar-refractivity contribution in [3.8, 4) is 11.6 Å². The number of nitrogens with zero attached hydrogens (tertiary/aromatic N) is 1. The highest BCUT2D eigenvalue weighted by Gasteiger charge is 2.11. The number of hydrogen-bond donors (Lipinski definition) is 1. The predicted octanol–water partition coefficient (Wildman–Crippen LogP) is 3.56. The first-order valence-electron chi connectivity index (χ1n) is 4.92. The molecule has 0 atom stereocenters. The maximum absolute atomic E-state index is 13.5. The summed E-state index contributed by atoms with van der Waals surface area (Å²) >= 11 is 5.60. The Morgan fingerprint density at radius 1 is 1.41 bits per heavy atom. The molecule has 0 aliphatic heterocycles. The van der Waals surface area contributed by atoms with Crippen LogP contribution in [0, 0.1) is 12.7 Å². The summed E-state index contributed by atoms with van der Waals surface area (Å²) < 4.78 is 18.8. The Morgan fingerprint density at radius 2 is 2.18 bits per heavy atom. The second-order valence-electron chi connectivity index (χ2n) is 3.54. The fourth-order valence-electron chi connectivity index (χ4n) is 1.39. The first-order valence-corrected chi connectivity index (χ1v) is 5.29. The third-order valence-electron chi connectivity index (χ3n) is 2.22. The van der Waals surface area contributed by atoms with Crippen LogP contribution in [-0.4, -0.2) is 4.98 Å². The van der Waals surface area contributed by atoms with Crippen molar-refractivity contribution in [3.63, 3.8) is 0 Å². The molecule has 2 N–H and O–H groups in total. The number of hydrogen-bond acceptors (Lipinski definition) is 3. The maximum atomic E-state index is 13.5. The van der Waals surface area contributed by atoms with Gasteiger partial charge in [-0.2, -0.15) is 0 Å². The molecular weight excluding hydrogens is 243 g/mol. The first kappa shape index (κ1) is 11.7. The fourth-order valence-corrected chi connectivity index (χ4v) is 1.53. The Bertz CT molecular complexity index is 540. The van der Waals surface area contributed by atoms with Crippen LogP contribution in [0.25, 0.3) is 0 Å². The van der Waals surface area contributed by atoms with Gasteiger partial charge in [-0.3, -0.25) is 0 Å². The summed E-state index contributed by atoms with van der Waals surface area (Å²) in [6.07, 6.45) is 1.31. The van der Waals surface area contributed by atoms with Gasteiger partial charge in [-0.1, -0.05) is 23.7 Å². The number of nitrogens with two attached hydrogens (primary N) is 1. The topological polar surface area (TPSA) is 48.1 Å². The van der Waals surface area contributed by atoms with Crippen molar-refractivity contribution in [2.24, 2.45) is 0 Å².